The van der Waals surface area contributed by atoms with Crippen LogP contribution >= 0.6 is 0 Å². The van der Waals surface area contributed by atoms with Gasteiger partial charge in [0.1, 0.15) is 5.82 Å². The molecule has 1 fully saturated rings. The molecule has 2 N–H and O–H groups in total. The van der Waals surface area contributed by atoms with Crippen molar-refractivity contribution in [2.75, 3.05) is 6.26 Å². The van der Waals surface area contributed by atoms with Gasteiger partial charge in [-0.2, -0.15) is 0 Å². The highest BCUT2D eigenvalue weighted by molar-refractivity contribution is 7.90. The summed E-state index contributed by atoms with van der Waals surface area (Å²) in [6.07, 6.45) is 3.22. The van der Waals surface area contributed by atoms with Crippen LogP contribution in [0.25, 0.3) is 0 Å². The summed E-state index contributed by atoms with van der Waals surface area (Å²) in [7, 11) is -3.27. The van der Waals surface area contributed by atoms with Crippen LogP contribution in [0.15, 0.2) is 11.1 Å². The van der Waals surface area contributed by atoms with E-state index in [2.05, 4.69) is 9.97 Å². The van der Waals surface area contributed by atoms with Gasteiger partial charge in [0.25, 0.3) is 0 Å². The third kappa shape index (κ3) is 2.32. The predicted molar refractivity (Wildman–Crippen MR) is 55.0 cm³/mol. The Balaban J connectivity index is 2.50. The number of sulfone groups is 1. The van der Waals surface area contributed by atoms with Crippen LogP contribution in [0.1, 0.15) is 30.3 Å². The lowest BCUT2D eigenvalue weighted by molar-refractivity contribution is 0.596. The SMILES string of the molecule is CS(=O)(=O)c1cc(CN)nc(C2CC2)n1. The molecule has 1 aromatic heterocycles. The van der Waals surface area contributed by atoms with Gasteiger partial charge in [-0.05, 0) is 18.9 Å². The van der Waals surface area contributed by atoms with E-state index in [1.54, 1.807) is 0 Å². The minimum absolute atomic E-state index is 0.0832. The minimum Gasteiger partial charge on any atom is -0.325 e. The van der Waals surface area contributed by atoms with Crippen LogP contribution in [-0.2, 0) is 16.4 Å². The molecule has 2 rings (SSSR count). The second-order valence-corrected chi connectivity index (χ2v) is 5.77. The van der Waals surface area contributed by atoms with Crippen molar-refractivity contribution in [1.82, 2.24) is 9.97 Å². The monoisotopic (exact) mass is 227 g/mol. The molecule has 0 atom stereocenters. The Morgan fingerprint density at radius 1 is 1.47 bits per heavy atom. The summed E-state index contributed by atoms with van der Waals surface area (Å²) in [6, 6.07) is 1.45. The van der Waals surface area contributed by atoms with Crippen LogP contribution in [0, 0.1) is 0 Å². The van der Waals surface area contributed by atoms with Crippen molar-refractivity contribution in [3.8, 4) is 0 Å². The maximum Gasteiger partial charge on any atom is 0.192 e. The summed E-state index contributed by atoms with van der Waals surface area (Å²) in [5.74, 6) is 0.954. The smallest absolute Gasteiger partial charge is 0.192 e. The Bertz CT molecular complexity index is 480. The standard InChI is InChI=1S/C9H13N3O2S/c1-15(13,14)8-4-7(5-10)11-9(12-8)6-2-3-6/h4,6H,2-3,5,10H2,1H3. The van der Waals surface area contributed by atoms with Gasteiger partial charge >= 0.3 is 0 Å². The molecule has 1 heterocycles. The van der Waals surface area contributed by atoms with Gasteiger partial charge in [0, 0.05) is 18.7 Å². The minimum atomic E-state index is -3.27. The van der Waals surface area contributed by atoms with E-state index in [-0.39, 0.29) is 11.6 Å². The maximum atomic E-state index is 11.4. The zero-order valence-corrected chi connectivity index (χ0v) is 9.29. The zero-order valence-electron chi connectivity index (χ0n) is 8.47. The first kappa shape index (κ1) is 10.5. The van der Waals surface area contributed by atoms with Gasteiger partial charge in [0.05, 0.1) is 5.69 Å². The summed E-state index contributed by atoms with van der Waals surface area (Å²) in [5.41, 5.74) is 6.06. The van der Waals surface area contributed by atoms with E-state index in [1.165, 1.54) is 6.07 Å². The summed E-state index contributed by atoms with van der Waals surface area (Å²) >= 11 is 0. The zero-order chi connectivity index (χ0) is 11.1. The van der Waals surface area contributed by atoms with Gasteiger partial charge in [0.2, 0.25) is 0 Å². The fraction of sp³-hybridized carbons (Fsp3) is 0.556. The second kappa shape index (κ2) is 3.53. The van der Waals surface area contributed by atoms with E-state index in [9.17, 15) is 8.42 Å². The Labute approximate surface area is 88.7 Å². The molecular formula is C9H13N3O2S. The molecule has 82 valence electrons. The molecule has 1 saturated carbocycles. The lowest BCUT2D eigenvalue weighted by Gasteiger charge is -2.04. The van der Waals surface area contributed by atoms with Gasteiger partial charge < -0.3 is 5.73 Å². The van der Waals surface area contributed by atoms with Crippen molar-refractivity contribution in [3.05, 3.63) is 17.6 Å². The number of rotatable bonds is 3. The van der Waals surface area contributed by atoms with Crippen LogP contribution in [0.5, 0.6) is 0 Å². The van der Waals surface area contributed by atoms with Crippen molar-refractivity contribution in [2.45, 2.75) is 30.3 Å². The van der Waals surface area contributed by atoms with Crippen LogP contribution < -0.4 is 5.73 Å². The quantitative estimate of drug-likeness (QED) is 0.746. The Hall–Kier alpha value is -1.01. The van der Waals surface area contributed by atoms with E-state index >= 15 is 0 Å². The molecule has 0 bridgehead atoms. The third-order valence-electron chi connectivity index (χ3n) is 2.30. The summed E-state index contributed by atoms with van der Waals surface area (Å²) < 4.78 is 22.7. The Morgan fingerprint density at radius 2 is 2.13 bits per heavy atom. The van der Waals surface area contributed by atoms with Gasteiger partial charge in [-0.25, -0.2) is 18.4 Å². The average Bonchev–Trinajstić information content (AvgIpc) is 2.99. The van der Waals surface area contributed by atoms with Crippen LogP contribution in [-0.4, -0.2) is 24.6 Å². The number of hydrogen-bond donors (Lipinski definition) is 1. The molecule has 0 aromatic carbocycles. The summed E-state index contributed by atoms with van der Waals surface area (Å²) in [4.78, 5) is 8.29. The van der Waals surface area contributed by atoms with E-state index in [0.29, 0.717) is 17.4 Å². The summed E-state index contributed by atoms with van der Waals surface area (Å²) in [6.45, 7) is 0.241. The van der Waals surface area contributed by atoms with Gasteiger partial charge in [-0.1, -0.05) is 0 Å². The van der Waals surface area contributed by atoms with Gasteiger partial charge in [0.15, 0.2) is 14.9 Å². The third-order valence-corrected chi connectivity index (χ3v) is 3.27. The van der Waals surface area contributed by atoms with Crippen LogP contribution in [0.4, 0.5) is 0 Å². The van der Waals surface area contributed by atoms with Crippen LogP contribution in [0.2, 0.25) is 0 Å². The lowest BCUT2D eigenvalue weighted by atomic mass is 10.3. The van der Waals surface area contributed by atoms with Crippen molar-refractivity contribution < 1.29 is 8.42 Å². The highest BCUT2D eigenvalue weighted by Crippen LogP contribution is 2.38. The fourth-order valence-electron chi connectivity index (χ4n) is 1.31. The molecule has 1 aromatic rings. The first-order valence-electron chi connectivity index (χ1n) is 4.78. The molecule has 0 spiro atoms. The highest BCUT2D eigenvalue weighted by Gasteiger charge is 2.28. The Morgan fingerprint density at radius 3 is 2.60 bits per heavy atom. The van der Waals surface area contributed by atoms with Gasteiger partial charge in [-0.3, -0.25) is 0 Å². The molecule has 0 radical (unpaired) electrons. The first-order chi connectivity index (χ1) is 7.00. The number of nitrogens with two attached hydrogens (primary N) is 1. The molecule has 0 unspecified atom stereocenters. The van der Waals surface area contributed by atoms with E-state index < -0.39 is 9.84 Å². The maximum absolute atomic E-state index is 11.4. The fourth-order valence-corrected chi connectivity index (χ4v) is 1.92. The molecule has 5 nitrogen and oxygen atoms in total. The first-order valence-corrected chi connectivity index (χ1v) is 6.68. The predicted octanol–water partition coefficient (Wildman–Crippen LogP) is 0.216. The van der Waals surface area contributed by atoms with Crippen LogP contribution in [0.3, 0.4) is 0 Å². The van der Waals surface area contributed by atoms with E-state index in [0.717, 1.165) is 19.1 Å². The largest absolute Gasteiger partial charge is 0.325 e. The van der Waals surface area contributed by atoms with Crippen molar-refractivity contribution in [1.29, 1.82) is 0 Å². The van der Waals surface area contributed by atoms with Gasteiger partial charge in [-0.15, -0.1) is 0 Å². The normalized spacial score (nSPS) is 16.7. The molecule has 1 aliphatic carbocycles. The average molecular weight is 227 g/mol. The van der Waals surface area contributed by atoms with Crippen molar-refractivity contribution in [3.63, 3.8) is 0 Å². The van der Waals surface area contributed by atoms with Crippen molar-refractivity contribution in [2.24, 2.45) is 5.73 Å². The molecule has 15 heavy (non-hydrogen) atoms. The lowest BCUT2D eigenvalue weighted by Crippen LogP contribution is -2.09. The molecule has 6 heteroatoms. The van der Waals surface area contributed by atoms with E-state index in [4.69, 9.17) is 5.73 Å². The number of aromatic nitrogens is 2. The molecule has 0 amide bonds. The van der Waals surface area contributed by atoms with Crippen molar-refractivity contribution >= 4 is 9.84 Å². The topological polar surface area (TPSA) is 85.9 Å². The van der Waals surface area contributed by atoms with E-state index in [1.807, 2.05) is 0 Å². The number of nitrogens with zero attached hydrogens (tertiary/aromatic N) is 2. The molecule has 0 saturated heterocycles. The molecule has 0 aliphatic heterocycles. The molecular weight excluding hydrogens is 214 g/mol. The Kier molecular flexibility index (Phi) is 2.47. The number of hydrogen-bond acceptors (Lipinski definition) is 5. The second-order valence-electron chi connectivity index (χ2n) is 3.81. The highest BCUT2D eigenvalue weighted by atomic mass is 32.2. The summed E-state index contributed by atoms with van der Waals surface area (Å²) in [5, 5.41) is 0.0832. The molecule has 1 aliphatic rings.